The van der Waals surface area contributed by atoms with E-state index in [1.807, 2.05) is 7.05 Å². The SMILES string of the molecule is CN(c1cc(C(N)=O)ccc1N)C1CCC1. The molecule has 0 unspecified atom stereocenters. The Morgan fingerprint density at radius 1 is 1.44 bits per heavy atom. The first-order valence-electron chi connectivity index (χ1n) is 5.52. The Kier molecular flexibility index (Phi) is 2.73. The van der Waals surface area contributed by atoms with E-state index in [0.29, 0.717) is 17.3 Å². The van der Waals surface area contributed by atoms with E-state index in [2.05, 4.69) is 4.90 Å². The molecule has 4 N–H and O–H groups in total. The van der Waals surface area contributed by atoms with E-state index in [1.54, 1.807) is 18.2 Å². The van der Waals surface area contributed by atoms with Gasteiger partial charge in [-0.05, 0) is 37.5 Å². The summed E-state index contributed by atoms with van der Waals surface area (Å²) in [5.74, 6) is -0.414. The third-order valence-electron chi connectivity index (χ3n) is 3.32. The van der Waals surface area contributed by atoms with Crippen molar-refractivity contribution in [2.24, 2.45) is 5.73 Å². The van der Waals surface area contributed by atoms with Gasteiger partial charge in [0.15, 0.2) is 0 Å². The molecule has 1 fully saturated rings. The standard InChI is InChI=1S/C12H17N3O/c1-15(9-3-2-4-9)11-7-8(12(14)16)5-6-10(11)13/h5-7,9H,2-4,13H2,1H3,(H2,14,16). The van der Waals surface area contributed by atoms with Gasteiger partial charge in [-0.1, -0.05) is 0 Å². The summed E-state index contributed by atoms with van der Waals surface area (Å²) in [6.45, 7) is 0. The zero-order chi connectivity index (χ0) is 11.7. The number of nitrogens with zero attached hydrogens (tertiary/aromatic N) is 1. The average molecular weight is 219 g/mol. The van der Waals surface area contributed by atoms with Crippen molar-refractivity contribution in [2.75, 3.05) is 17.7 Å². The molecule has 0 heterocycles. The number of anilines is 2. The maximum Gasteiger partial charge on any atom is 0.248 e. The Labute approximate surface area is 95.2 Å². The number of benzene rings is 1. The second-order valence-corrected chi connectivity index (χ2v) is 4.33. The fraction of sp³-hybridized carbons (Fsp3) is 0.417. The highest BCUT2D eigenvalue weighted by atomic mass is 16.1. The van der Waals surface area contributed by atoms with Crippen LogP contribution in [0.15, 0.2) is 18.2 Å². The van der Waals surface area contributed by atoms with Crippen LogP contribution < -0.4 is 16.4 Å². The summed E-state index contributed by atoms with van der Waals surface area (Å²) in [6, 6.07) is 5.72. The topological polar surface area (TPSA) is 72.3 Å². The lowest BCUT2D eigenvalue weighted by atomic mass is 9.91. The highest BCUT2D eigenvalue weighted by Gasteiger charge is 2.23. The lowest BCUT2D eigenvalue weighted by Gasteiger charge is -2.37. The molecule has 4 nitrogen and oxygen atoms in total. The normalized spacial score (nSPS) is 15.6. The van der Waals surface area contributed by atoms with Crippen LogP contribution in [-0.2, 0) is 0 Å². The smallest absolute Gasteiger partial charge is 0.248 e. The van der Waals surface area contributed by atoms with Crippen molar-refractivity contribution in [3.63, 3.8) is 0 Å². The van der Waals surface area contributed by atoms with E-state index in [-0.39, 0.29) is 0 Å². The van der Waals surface area contributed by atoms with Crippen LogP contribution in [0.4, 0.5) is 11.4 Å². The number of nitrogen functional groups attached to an aromatic ring is 1. The fourth-order valence-corrected chi connectivity index (χ4v) is 1.97. The van der Waals surface area contributed by atoms with E-state index < -0.39 is 5.91 Å². The minimum Gasteiger partial charge on any atom is -0.397 e. The fourth-order valence-electron chi connectivity index (χ4n) is 1.97. The van der Waals surface area contributed by atoms with Crippen LogP contribution in [0.5, 0.6) is 0 Å². The Hall–Kier alpha value is -1.71. The maximum atomic E-state index is 11.1. The van der Waals surface area contributed by atoms with Crippen LogP contribution in [0.25, 0.3) is 0 Å². The van der Waals surface area contributed by atoms with Crippen LogP contribution in [0, 0.1) is 0 Å². The van der Waals surface area contributed by atoms with Gasteiger partial charge in [0.2, 0.25) is 5.91 Å². The summed E-state index contributed by atoms with van der Waals surface area (Å²) in [6.07, 6.45) is 3.65. The lowest BCUT2D eigenvalue weighted by Crippen LogP contribution is -2.37. The number of primary amides is 1. The van der Waals surface area contributed by atoms with E-state index in [9.17, 15) is 4.79 Å². The van der Waals surface area contributed by atoms with E-state index in [4.69, 9.17) is 11.5 Å². The maximum absolute atomic E-state index is 11.1. The summed E-state index contributed by atoms with van der Waals surface area (Å²) in [4.78, 5) is 13.2. The van der Waals surface area contributed by atoms with Gasteiger partial charge in [-0.25, -0.2) is 0 Å². The predicted octanol–water partition coefficient (Wildman–Crippen LogP) is 1.36. The Bertz CT molecular complexity index is 413. The first-order chi connectivity index (χ1) is 7.59. The van der Waals surface area contributed by atoms with Gasteiger partial charge < -0.3 is 16.4 Å². The summed E-state index contributed by atoms with van der Waals surface area (Å²) in [5, 5.41) is 0. The summed E-state index contributed by atoms with van der Waals surface area (Å²) in [7, 11) is 2.01. The lowest BCUT2D eigenvalue weighted by molar-refractivity contribution is 0.100. The van der Waals surface area contributed by atoms with E-state index in [0.717, 1.165) is 5.69 Å². The van der Waals surface area contributed by atoms with Crippen molar-refractivity contribution < 1.29 is 4.79 Å². The molecule has 1 aliphatic rings. The number of carbonyl (C=O) groups excluding carboxylic acids is 1. The molecule has 1 saturated carbocycles. The monoisotopic (exact) mass is 219 g/mol. The highest BCUT2D eigenvalue weighted by molar-refractivity contribution is 5.95. The average Bonchev–Trinajstić information content (AvgIpc) is 2.15. The minimum atomic E-state index is -0.414. The molecular formula is C12H17N3O. The van der Waals surface area contributed by atoms with Crippen LogP contribution >= 0.6 is 0 Å². The zero-order valence-corrected chi connectivity index (χ0v) is 9.44. The molecule has 0 spiro atoms. The van der Waals surface area contributed by atoms with Crippen LogP contribution in [0.1, 0.15) is 29.6 Å². The van der Waals surface area contributed by atoms with Crippen molar-refractivity contribution in [1.82, 2.24) is 0 Å². The van der Waals surface area contributed by atoms with Crippen molar-refractivity contribution >= 4 is 17.3 Å². The van der Waals surface area contributed by atoms with Crippen LogP contribution in [0.3, 0.4) is 0 Å². The molecule has 0 aromatic heterocycles. The van der Waals surface area contributed by atoms with E-state index in [1.165, 1.54) is 19.3 Å². The summed E-state index contributed by atoms with van der Waals surface area (Å²) < 4.78 is 0. The van der Waals surface area contributed by atoms with Gasteiger partial charge in [0.05, 0.1) is 11.4 Å². The summed E-state index contributed by atoms with van der Waals surface area (Å²) >= 11 is 0. The molecule has 16 heavy (non-hydrogen) atoms. The van der Waals surface area contributed by atoms with E-state index >= 15 is 0 Å². The quantitative estimate of drug-likeness (QED) is 0.754. The van der Waals surface area contributed by atoms with Gasteiger partial charge >= 0.3 is 0 Å². The molecule has 0 bridgehead atoms. The van der Waals surface area contributed by atoms with Crippen molar-refractivity contribution in [1.29, 1.82) is 0 Å². The molecule has 2 rings (SSSR count). The van der Waals surface area contributed by atoms with Gasteiger partial charge in [-0.15, -0.1) is 0 Å². The first kappa shape index (κ1) is 10.8. The molecule has 4 heteroatoms. The van der Waals surface area contributed by atoms with Gasteiger partial charge in [0.25, 0.3) is 0 Å². The number of rotatable bonds is 3. The Morgan fingerprint density at radius 3 is 2.62 bits per heavy atom. The van der Waals surface area contributed by atoms with Gasteiger partial charge in [-0.3, -0.25) is 4.79 Å². The second kappa shape index (κ2) is 4.04. The van der Waals surface area contributed by atoms with Gasteiger partial charge in [0.1, 0.15) is 0 Å². The molecule has 1 aliphatic carbocycles. The molecule has 0 aliphatic heterocycles. The van der Waals surface area contributed by atoms with Crippen molar-refractivity contribution in [3.8, 4) is 0 Å². The molecule has 1 aromatic rings. The molecule has 86 valence electrons. The number of nitrogens with two attached hydrogens (primary N) is 2. The highest BCUT2D eigenvalue weighted by Crippen LogP contribution is 2.32. The number of hydrogen-bond acceptors (Lipinski definition) is 3. The molecule has 1 amide bonds. The van der Waals surface area contributed by atoms with Gasteiger partial charge in [0, 0.05) is 18.7 Å². The van der Waals surface area contributed by atoms with Gasteiger partial charge in [-0.2, -0.15) is 0 Å². The van der Waals surface area contributed by atoms with Crippen LogP contribution in [-0.4, -0.2) is 19.0 Å². The third-order valence-corrected chi connectivity index (χ3v) is 3.32. The molecule has 0 atom stereocenters. The van der Waals surface area contributed by atoms with Crippen LogP contribution in [0.2, 0.25) is 0 Å². The molecular weight excluding hydrogens is 202 g/mol. The second-order valence-electron chi connectivity index (χ2n) is 4.33. The minimum absolute atomic E-state index is 0.414. The summed E-state index contributed by atoms with van der Waals surface area (Å²) in [5.41, 5.74) is 13.3. The molecule has 1 aromatic carbocycles. The largest absolute Gasteiger partial charge is 0.397 e. The van der Waals surface area contributed by atoms with Crippen molar-refractivity contribution in [3.05, 3.63) is 23.8 Å². The molecule has 0 radical (unpaired) electrons. The van der Waals surface area contributed by atoms with Crippen molar-refractivity contribution in [2.45, 2.75) is 25.3 Å². The predicted molar refractivity (Wildman–Crippen MR) is 65.4 cm³/mol. The third kappa shape index (κ3) is 1.83. The Morgan fingerprint density at radius 2 is 2.12 bits per heavy atom. The Balaban J connectivity index is 2.30. The zero-order valence-electron chi connectivity index (χ0n) is 9.44. The molecule has 0 saturated heterocycles. The number of hydrogen-bond donors (Lipinski definition) is 2. The number of carbonyl (C=O) groups is 1. The first-order valence-corrected chi connectivity index (χ1v) is 5.52. The number of amides is 1.